The van der Waals surface area contributed by atoms with Crippen LogP contribution in [-0.4, -0.2) is 34.7 Å². The summed E-state index contributed by atoms with van der Waals surface area (Å²) in [5, 5.41) is 14.3. The number of hydrogen-bond donors (Lipinski definition) is 2. The summed E-state index contributed by atoms with van der Waals surface area (Å²) in [4.78, 5) is 25.0. The molecule has 132 valence electrons. The molecule has 1 heterocycles. The van der Waals surface area contributed by atoms with Crippen LogP contribution in [0.25, 0.3) is 0 Å². The maximum absolute atomic E-state index is 12.7. The molecule has 0 bridgehead atoms. The summed E-state index contributed by atoms with van der Waals surface area (Å²) >= 11 is 2.68. The zero-order valence-electron chi connectivity index (χ0n) is 13.9. The standard InChI is InChI=1S/C18H16N4O2S2/c1-19-17-21-22-18(26-17)25-11-15(23)20-14-10-6-5-9-13(14)16(24)12-7-3-2-4-8-12/h2-10H,11H2,1H3,(H,19,21)(H,20,23). The highest BCUT2D eigenvalue weighted by Gasteiger charge is 2.15. The molecule has 3 aromatic rings. The molecule has 0 unspecified atom stereocenters. The summed E-state index contributed by atoms with van der Waals surface area (Å²) in [6.45, 7) is 0. The molecule has 0 fully saturated rings. The molecule has 2 aromatic carbocycles. The van der Waals surface area contributed by atoms with E-state index in [1.54, 1.807) is 43.4 Å². The summed E-state index contributed by atoms with van der Waals surface area (Å²) in [6.07, 6.45) is 0. The lowest BCUT2D eigenvalue weighted by Crippen LogP contribution is -2.16. The molecule has 0 radical (unpaired) electrons. The molecular formula is C18H16N4O2S2. The van der Waals surface area contributed by atoms with Crippen molar-refractivity contribution in [1.29, 1.82) is 0 Å². The van der Waals surface area contributed by atoms with Gasteiger partial charge in [-0.1, -0.05) is 65.6 Å². The van der Waals surface area contributed by atoms with Crippen LogP contribution in [0, 0.1) is 0 Å². The average molecular weight is 384 g/mol. The lowest BCUT2D eigenvalue weighted by molar-refractivity contribution is -0.113. The summed E-state index contributed by atoms with van der Waals surface area (Å²) in [5.74, 6) is -0.145. The molecule has 26 heavy (non-hydrogen) atoms. The first-order valence-electron chi connectivity index (χ1n) is 7.80. The smallest absolute Gasteiger partial charge is 0.234 e. The maximum atomic E-state index is 12.7. The van der Waals surface area contributed by atoms with Gasteiger partial charge in [-0.2, -0.15) is 0 Å². The maximum Gasteiger partial charge on any atom is 0.234 e. The third kappa shape index (κ3) is 4.47. The van der Waals surface area contributed by atoms with Crippen molar-refractivity contribution in [3.05, 3.63) is 65.7 Å². The first kappa shape index (κ1) is 18.1. The molecule has 0 saturated heterocycles. The van der Waals surface area contributed by atoms with Crippen LogP contribution < -0.4 is 10.6 Å². The molecule has 8 heteroatoms. The fourth-order valence-electron chi connectivity index (χ4n) is 2.22. The Labute approximate surface area is 159 Å². The van der Waals surface area contributed by atoms with Crippen LogP contribution >= 0.6 is 23.1 Å². The molecule has 0 saturated carbocycles. The largest absolute Gasteiger partial charge is 0.363 e. The number of thioether (sulfide) groups is 1. The molecule has 6 nitrogen and oxygen atoms in total. The number of carbonyl (C=O) groups excluding carboxylic acids is 2. The van der Waals surface area contributed by atoms with Crippen LogP contribution in [0.4, 0.5) is 10.8 Å². The van der Waals surface area contributed by atoms with Crippen molar-refractivity contribution in [3.63, 3.8) is 0 Å². The van der Waals surface area contributed by atoms with Gasteiger partial charge in [0.25, 0.3) is 0 Å². The van der Waals surface area contributed by atoms with Gasteiger partial charge in [-0.05, 0) is 12.1 Å². The van der Waals surface area contributed by atoms with E-state index >= 15 is 0 Å². The van der Waals surface area contributed by atoms with Gasteiger partial charge in [0.2, 0.25) is 11.0 Å². The molecular weight excluding hydrogens is 368 g/mol. The van der Waals surface area contributed by atoms with Crippen molar-refractivity contribution in [2.75, 3.05) is 23.4 Å². The van der Waals surface area contributed by atoms with Gasteiger partial charge < -0.3 is 10.6 Å². The van der Waals surface area contributed by atoms with E-state index in [0.717, 1.165) is 0 Å². The Bertz CT molecular complexity index is 912. The van der Waals surface area contributed by atoms with Gasteiger partial charge in [0.15, 0.2) is 10.1 Å². The van der Waals surface area contributed by atoms with Crippen LogP contribution in [-0.2, 0) is 4.79 Å². The van der Waals surface area contributed by atoms with Gasteiger partial charge in [0, 0.05) is 18.2 Å². The van der Waals surface area contributed by atoms with Crippen LogP contribution in [0.2, 0.25) is 0 Å². The van der Waals surface area contributed by atoms with Gasteiger partial charge in [-0.25, -0.2) is 0 Å². The molecule has 0 atom stereocenters. The van der Waals surface area contributed by atoms with Gasteiger partial charge in [0.1, 0.15) is 0 Å². The number of ketones is 1. The summed E-state index contributed by atoms with van der Waals surface area (Å²) in [6, 6.07) is 16.0. The number of carbonyl (C=O) groups is 2. The van der Waals surface area contributed by atoms with Gasteiger partial charge >= 0.3 is 0 Å². The lowest BCUT2D eigenvalue weighted by atomic mass is 10.0. The molecule has 1 aromatic heterocycles. The fourth-order valence-corrected chi connectivity index (χ4v) is 3.72. The Morgan fingerprint density at radius 1 is 1.04 bits per heavy atom. The van der Waals surface area contributed by atoms with E-state index in [-0.39, 0.29) is 17.4 Å². The van der Waals surface area contributed by atoms with Gasteiger partial charge in [-0.15, -0.1) is 10.2 Å². The Kier molecular flexibility index (Phi) is 5.98. The van der Waals surface area contributed by atoms with Crippen molar-refractivity contribution in [2.45, 2.75) is 4.34 Å². The normalized spacial score (nSPS) is 10.3. The third-order valence-corrected chi connectivity index (χ3v) is 5.50. The Hall–Kier alpha value is -2.71. The van der Waals surface area contributed by atoms with E-state index in [0.29, 0.717) is 26.3 Å². The molecule has 0 aliphatic rings. The molecule has 2 N–H and O–H groups in total. The molecule has 0 aliphatic carbocycles. The fraction of sp³-hybridized carbons (Fsp3) is 0.111. The van der Waals surface area contributed by atoms with Crippen molar-refractivity contribution < 1.29 is 9.59 Å². The van der Waals surface area contributed by atoms with Crippen molar-refractivity contribution in [1.82, 2.24) is 10.2 Å². The zero-order valence-corrected chi connectivity index (χ0v) is 15.6. The van der Waals surface area contributed by atoms with Crippen LogP contribution in [0.1, 0.15) is 15.9 Å². The molecule has 3 rings (SSSR count). The number of benzene rings is 2. The minimum Gasteiger partial charge on any atom is -0.363 e. The number of para-hydroxylation sites is 1. The van der Waals surface area contributed by atoms with E-state index in [4.69, 9.17) is 0 Å². The van der Waals surface area contributed by atoms with Crippen LogP contribution in [0.3, 0.4) is 0 Å². The Morgan fingerprint density at radius 2 is 1.77 bits per heavy atom. The number of amides is 1. The third-order valence-electron chi connectivity index (χ3n) is 3.43. The second-order valence-corrected chi connectivity index (χ2v) is 7.40. The van der Waals surface area contributed by atoms with E-state index in [2.05, 4.69) is 20.8 Å². The number of nitrogens with one attached hydrogen (secondary N) is 2. The van der Waals surface area contributed by atoms with Crippen LogP contribution in [0.5, 0.6) is 0 Å². The topological polar surface area (TPSA) is 84.0 Å². The molecule has 0 aliphatic heterocycles. The number of anilines is 2. The average Bonchev–Trinajstić information content (AvgIpc) is 3.15. The number of aromatic nitrogens is 2. The summed E-state index contributed by atoms with van der Waals surface area (Å²) in [7, 11) is 1.77. The monoisotopic (exact) mass is 384 g/mol. The summed E-state index contributed by atoms with van der Waals surface area (Å²) < 4.78 is 0.707. The number of nitrogens with zero attached hydrogens (tertiary/aromatic N) is 2. The second-order valence-electron chi connectivity index (χ2n) is 5.20. The quantitative estimate of drug-likeness (QED) is 0.479. The molecule has 0 spiro atoms. The predicted octanol–water partition coefficient (Wildman–Crippen LogP) is 3.54. The Balaban J connectivity index is 1.68. The highest BCUT2D eigenvalue weighted by molar-refractivity contribution is 8.01. The first-order valence-corrected chi connectivity index (χ1v) is 9.60. The van der Waals surface area contributed by atoms with E-state index in [1.807, 2.05) is 18.2 Å². The van der Waals surface area contributed by atoms with E-state index in [1.165, 1.54) is 23.1 Å². The van der Waals surface area contributed by atoms with Gasteiger partial charge in [-0.3, -0.25) is 9.59 Å². The minimum absolute atomic E-state index is 0.128. The van der Waals surface area contributed by atoms with Crippen molar-refractivity contribution in [3.8, 4) is 0 Å². The second kappa shape index (κ2) is 8.59. The number of rotatable bonds is 7. The highest BCUT2D eigenvalue weighted by Crippen LogP contribution is 2.25. The minimum atomic E-state index is -0.204. The van der Waals surface area contributed by atoms with E-state index in [9.17, 15) is 9.59 Å². The van der Waals surface area contributed by atoms with Crippen molar-refractivity contribution >= 4 is 45.6 Å². The molecule has 1 amide bonds. The highest BCUT2D eigenvalue weighted by atomic mass is 32.2. The predicted molar refractivity (Wildman–Crippen MR) is 105 cm³/mol. The van der Waals surface area contributed by atoms with E-state index < -0.39 is 0 Å². The Morgan fingerprint density at radius 3 is 2.50 bits per heavy atom. The summed E-state index contributed by atoms with van der Waals surface area (Å²) in [5.41, 5.74) is 1.54. The number of hydrogen-bond acceptors (Lipinski definition) is 7. The lowest BCUT2D eigenvalue weighted by Gasteiger charge is -2.10. The first-order chi connectivity index (χ1) is 12.7. The SMILES string of the molecule is CNc1nnc(SCC(=O)Nc2ccccc2C(=O)c2ccccc2)s1. The van der Waals surface area contributed by atoms with Crippen LogP contribution in [0.15, 0.2) is 58.9 Å². The van der Waals surface area contributed by atoms with Crippen molar-refractivity contribution in [2.24, 2.45) is 0 Å². The zero-order chi connectivity index (χ0) is 18.4. The van der Waals surface area contributed by atoms with Gasteiger partial charge in [0.05, 0.1) is 11.4 Å².